The summed E-state index contributed by atoms with van der Waals surface area (Å²) >= 11 is 3.33. The van der Waals surface area contributed by atoms with Gasteiger partial charge in [-0.3, -0.25) is 24.3 Å². The summed E-state index contributed by atoms with van der Waals surface area (Å²) in [4.78, 5) is 33.7. The van der Waals surface area contributed by atoms with Crippen molar-refractivity contribution >= 4 is 33.2 Å². The summed E-state index contributed by atoms with van der Waals surface area (Å²) in [7, 11) is 0. The van der Waals surface area contributed by atoms with E-state index in [1.807, 2.05) is 19.1 Å². The van der Waals surface area contributed by atoms with E-state index in [0.29, 0.717) is 10.2 Å². The fourth-order valence-corrected chi connectivity index (χ4v) is 2.41. The summed E-state index contributed by atoms with van der Waals surface area (Å²) in [5, 5.41) is 13.3. The van der Waals surface area contributed by atoms with Gasteiger partial charge in [-0.25, -0.2) is 0 Å². The molecule has 0 saturated carbocycles. The van der Waals surface area contributed by atoms with Crippen molar-refractivity contribution in [1.82, 2.24) is 4.57 Å². The number of hydrogen-bond acceptors (Lipinski definition) is 4. The van der Waals surface area contributed by atoms with Gasteiger partial charge in [-0.15, -0.1) is 0 Å². The van der Waals surface area contributed by atoms with E-state index in [1.54, 1.807) is 6.07 Å². The SMILES string of the molecule is Cc1ccc(NC(=O)Cn2cc([N+](=O)[O-])ccc2=O)c(Br)c1. The van der Waals surface area contributed by atoms with Crippen LogP contribution in [0.1, 0.15) is 5.56 Å². The quantitative estimate of drug-likeness (QED) is 0.664. The van der Waals surface area contributed by atoms with E-state index in [1.165, 1.54) is 0 Å². The third kappa shape index (κ3) is 3.79. The summed E-state index contributed by atoms with van der Waals surface area (Å²) < 4.78 is 1.71. The van der Waals surface area contributed by atoms with Gasteiger partial charge >= 0.3 is 0 Å². The molecule has 0 aliphatic carbocycles. The largest absolute Gasteiger partial charge is 0.324 e. The van der Waals surface area contributed by atoms with Gasteiger partial charge in [0.05, 0.1) is 16.8 Å². The van der Waals surface area contributed by atoms with E-state index in [-0.39, 0.29) is 12.2 Å². The lowest BCUT2D eigenvalue weighted by Gasteiger charge is -2.09. The molecule has 0 atom stereocenters. The molecule has 2 aromatic rings. The molecule has 22 heavy (non-hydrogen) atoms. The van der Waals surface area contributed by atoms with Gasteiger partial charge in [0, 0.05) is 16.6 Å². The number of amides is 1. The Hall–Kier alpha value is -2.48. The molecule has 0 bridgehead atoms. The molecule has 1 N–H and O–H groups in total. The van der Waals surface area contributed by atoms with Crippen molar-refractivity contribution in [1.29, 1.82) is 0 Å². The standard InChI is InChI=1S/C14H12BrN3O4/c1-9-2-4-12(11(15)6-9)16-13(19)8-17-7-10(18(21)22)3-5-14(17)20/h2-7H,8H2,1H3,(H,16,19). The van der Waals surface area contributed by atoms with Gasteiger partial charge in [0.15, 0.2) is 0 Å². The Kier molecular flexibility index (Phi) is 4.71. The summed E-state index contributed by atoms with van der Waals surface area (Å²) in [5.41, 5.74) is 0.862. The molecule has 0 unspecified atom stereocenters. The number of pyridine rings is 1. The lowest BCUT2D eigenvalue weighted by atomic mass is 10.2. The molecule has 1 amide bonds. The minimum absolute atomic E-state index is 0.246. The number of halogens is 1. The first-order valence-corrected chi connectivity index (χ1v) is 7.07. The van der Waals surface area contributed by atoms with Crippen molar-refractivity contribution in [3.63, 3.8) is 0 Å². The number of benzene rings is 1. The predicted octanol–water partition coefficient (Wildman–Crippen LogP) is 2.47. The number of hydrogen-bond donors (Lipinski definition) is 1. The highest BCUT2D eigenvalue weighted by Gasteiger charge is 2.11. The Morgan fingerprint density at radius 1 is 1.36 bits per heavy atom. The van der Waals surface area contributed by atoms with Crippen molar-refractivity contribution in [2.75, 3.05) is 5.32 Å². The van der Waals surface area contributed by atoms with E-state index >= 15 is 0 Å². The van der Waals surface area contributed by atoms with Crippen LogP contribution < -0.4 is 10.9 Å². The number of aryl methyl sites for hydroxylation is 1. The number of nitro groups is 1. The molecule has 7 nitrogen and oxygen atoms in total. The number of carbonyl (C=O) groups is 1. The van der Waals surface area contributed by atoms with Crippen molar-refractivity contribution < 1.29 is 9.72 Å². The highest BCUT2D eigenvalue weighted by Crippen LogP contribution is 2.23. The normalized spacial score (nSPS) is 10.3. The van der Waals surface area contributed by atoms with E-state index in [4.69, 9.17) is 0 Å². The molecule has 0 radical (unpaired) electrons. The van der Waals surface area contributed by atoms with E-state index in [2.05, 4.69) is 21.2 Å². The molecule has 0 aliphatic rings. The average Bonchev–Trinajstić information content (AvgIpc) is 2.44. The number of carbonyl (C=O) groups excluding carboxylic acids is 1. The zero-order valence-electron chi connectivity index (χ0n) is 11.6. The fraction of sp³-hybridized carbons (Fsp3) is 0.143. The van der Waals surface area contributed by atoms with Crippen LogP contribution in [0.3, 0.4) is 0 Å². The topological polar surface area (TPSA) is 94.2 Å². The van der Waals surface area contributed by atoms with Crippen LogP contribution in [-0.4, -0.2) is 15.4 Å². The average molecular weight is 366 g/mol. The molecule has 0 fully saturated rings. The van der Waals surface area contributed by atoms with Gasteiger partial charge in [-0.2, -0.15) is 0 Å². The van der Waals surface area contributed by atoms with Crippen molar-refractivity contribution in [3.8, 4) is 0 Å². The third-order valence-corrected chi connectivity index (χ3v) is 3.55. The predicted molar refractivity (Wildman–Crippen MR) is 84.9 cm³/mol. The Morgan fingerprint density at radius 3 is 2.73 bits per heavy atom. The fourth-order valence-electron chi connectivity index (χ4n) is 1.82. The zero-order chi connectivity index (χ0) is 16.3. The minimum atomic E-state index is -0.621. The number of anilines is 1. The van der Waals surface area contributed by atoms with Crippen LogP contribution >= 0.6 is 15.9 Å². The van der Waals surface area contributed by atoms with Crippen LogP contribution in [0.25, 0.3) is 0 Å². The highest BCUT2D eigenvalue weighted by atomic mass is 79.9. The molecule has 0 aliphatic heterocycles. The van der Waals surface area contributed by atoms with Gasteiger partial charge in [-0.05, 0) is 40.5 Å². The zero-order valence-corrected chi connectivity index (χ0v) is 13.2. The number of rotatable bonds is 4. The maximum atomic E-state index is 12.0. The smallest absolute Gasteiger partial charge is 0.285 e. The highest BCUT2D eigenvalue weighted by molar-refractivity contribution is 9.10. The maximum absolute atomic E-state index is 12.0. The first-order chi connectivity index (χ1) is 10.4. The second kappa shape index (κ2) is 6.52. The second-order valence-corrected chi connectivity index (χ2v) is 5.50. The maximum Gasteiger partial charge on any atom is 0.285 e. The molecule has 1 aromatic carbocycles. The number of nitrogens with one attached hydrogen (secondary N) is 1. The third-order valence-electron chi connectivity index (χ3n) is 2.89. The molecule has 0 saturated heterocycles. The molecule has 8 heteroatoms. The molecular formula is C14H12BrN3O4. The van der Waals surface area contributed by atoms with Crippen LogP contribution in [0.5, 0.6) is 0 Å². The molecule has 1 aromatic heterocycles. The van der Waals surface area contributed by atoms with Gasteiger partial charge in [0.2, 0.25) is 5.91 Å². The van der Waals surface area contributed by atoms with Gasteiger partial charge in [0.25, 0.3) is 11.2 Å². The van der Waals surface area contributed by atoms with Crippen molar-refractivity contribution in [3.05, 3.63) is 67.0 Å². The Bertz CT molecular complexity index is 801. The summed E-state index contributed by atoms with van der Waals surface area (Å²) in [6.45, 7) is 1.61. The summed E-state index contributed by atoms with van der Waals surface area (Å²) in [6, 6.07) is 7.57. The summed E-state index contributed by atoms with van der Waals surface area (Å²) in [6.07, 6.45) is 1.05. The van der Waals surface area contributed by atoms with E-state index in [0.717, 1.165) is 28.5 Å². The van der Waals surface area contributed by atoms with Crippen LogP contribution in [0, 0.1) is 17.0 Å². The van der Waals surface area contributed by atoms with Crippen LogP contribution in [-0.2, 0) is 11.3 Å². The van der Waals surface area contributed by atoms with Crippen LogP contribution in [0.2, 0.25) is 0 Å². The first-order valence-electron chi connectivity index (χ1n) is 6.27. The number of aromatic nitrogens is 1. The summed E-state index contributed by atoms with van der Waals surface area (Å²) in [5.74, 6) is -0.452. The lowest BCUT2D eigenvalue weighted by molar-refractivity contribution is -0.385. The van der Waals surface area contributed by atoms with Crippen molar-refractivity contribution in [2.45, 2.75) is 13.5 Å². The van der Waals surface area contributed by atoms with Gasteiger partial charge < -0.3 is 5.32 Å². The van der Waals surface area contributed by atoms with Crippen LogP contribution in [0.15, 0.2) is 45.8 Å². The van der Waals surface area contributed by atoms with Gasteiger partial charge in [0.1, 0.15) is 6.54 Å². The van der Waals surface area contributed by atoms with E-state index < -0.39 is 16.4 Å². The first kappa shape index (κ1) is 15.9. The Morgan fingerprint density at radius 2 is 2.09 bits per heavy atom. The number of nitrogens with zero attached hydrogens (tertiary/aromatic N) is 2. The molecule has 2 rings (SSSR count). The van der Waals surface area contributed by atoms with E-state index in [9.17, 15) is 19.7 Å². The Balaban J connectivity index is 2.17. The molecule has 0 spiro atoms. The Labute approximate surface area is 133 Å². The molecule has 114 valence electrons. The van der Waals surface area contributed by atoms with Gasteiger partial charge in [-0.1, -0.05) is 6.07 Å². The lowest BCUT2D eigenvalue weighted by Crippen LogP contribution is -2.27. The molecule has 1 heterocycles. The minimum Gasteiger partial charge on any atom is -0.324 e. The second-order valence-electron chi connectivity index (χ2n) is 4.64. The van der Waals surface area contributed by atoms with Crippen LogP contribution in [0.4, 0.5) is 11.4 Å². The monoisotopic (exact) mass is 365 g/mol. The molecular weight excluding hydrogens is 354 g/mol. The van der Waals surface area contributed by atoms with Crippen molar-refractivity contribution in [2.24, 2.45) is 0 Å².